The van der Waals surface area contributed by atoms with E-state index in [0.717, 1.165) is 30.4 Å². The van der Waals surface area contributed by atoms with E-state index in [2.05, 4.69) is 16.1 Å². The topological polar surface area (TPSA) is 84.5 Å². The Morgan fingerprint density at radius 1 is 1.03 bits per heavy atom. The Morgan fingerprint density at radius 2 is 1.79 bits per heavy atom. The van der Waals surface area contributed by atoms with Gasteiger partial charge in [-0.25, -0.2) is 13.1 Å². The maximum absolute atomic E-state index is 13.0. The van der Waals surface area contributed by atoms with Crippen LogP contribution in [-0.2, 0) is 22.9 Å². The summed E-state index contributed by atoms with van der Waals surface area (Å²) in [5.74, 6) is -0.109. The summed E-state index contributed by atoms with van der Waals surface area (Å²) < 4.78 is 33.9. The summed E-state index contributed by atoms with van der Waals surface area (Å²) in [6, 6.07) is 22.2. The van der Waals surface area contributed by atoms with Crippen molar-refractivity contribution in [3.8, 4) is 5.75 Å². The van der Waals surface area contributed by atoms with E-state index in [-0.39, 0.29) is 34.7 Å². The molecule has 0 aliphatic heterocycles. The number of carbonyl (C=O) groups excluding carboxylic acids is 1. The van der Waals surface area contributed by atoms with E-state index < -0.39 is 10.0 Å². The molecular formula is C26H28N2O4S. The molecule has 33 heavy (non-hydrogen) atoms. The zero-order valence-corrected chi connectivity index (χ0v) is 19.4. The zero-order valence-electron chi connectivity index (χ0n) is 18.6. The van der Waals surface area contributed by atoms with Crippen molar-refractivity contribution in [3.05, 3.63) is 95.1 Å². The minimum Gasteiger partial charge on any atom is -0.495 e. The van der Waals surface area contributed by atoms with Crippen molar-refractivity contribution in [1.29, 1.82) is 0 Å². The lowest BCUT2D eigenvalue weighted by Gasteiger charge is -2.26. The number of benzene rings is 3. The van der Waals surface area contributed by atoms with Crippen LogP contribution in [0.5, 0.6) is 5.75 Å². The van der Waals surface area contributed by atoms with Crippen molar-refractivity contribution in [2.75, 3.05) is 13.7 Å². The van der Waals surface area contributed by atoms with Crippen LogP contribution in [0.15, 0.2) is 77.7 Å². The summed E-state index contributed by atoms with van der Waals surface area (Å²) in [6.07, 6.45) is 3.41. The maximum atomic E-state index is 13.0. The fourth-order valence-electron chi connectivity index (χ4n) is 4.23. The number of fused-ring (bicyclic) bond motifs is 1. The van der Waals surface area contributed by atoms with Crippen LogP contribution in [0.25, 0.3) is 0 Å². The van der Waals surface area contributed by atoms with Gasteiger partial charge in [-0.05, 0) is 60.6 Å². The van der Waals surface area contributed by atoms with Gasteiger partial charge in [-0.2, -0.15) is 0 Å². The van der Waals surface area contributed by atoms with Crippen molar-refractivity contribution >= 4 is 15.9 Å². The molecule has 3 aromatic carbocycles. The predicted octanol–water partition coefficient (Wildman–Crippen LogP) is 4.02. The maximum Gasteiger partial charge on any atom is 0.251 e. The van der Waals surface area contributed by atoms with Crippen LogP contribution in [0.1, 0.15) is 45.9 Å². The first-order valence-electron chi connectivity index (χ1n) is 11.1. The van der Waals surface area contributed by atoms with E-state index in [0.29, 0.717) is 6.42 Å². The minimum atomic E-state index is -3.87. The van der Waals surface area contributed by atoms with E-state index in [9.17, 15) is 13.2 Å². The number of ether oxygens (including phenoxy) is 1. The highest BCUT2D eigenvalue weighted by Gasteiger charge is 2.25. The first-order valence-corrected chi connectivity index (χ1v) is 12.6. The van der Waals surface area contributed by atoms with Gasteiger partial charge in [0, 0.05) is 12.1 Å². The molecule has 0 spiro atoms. The number of carbonyl (C=O) groups is 1. The molecule has 1 aliphatic rings. The third-order valence-corrected chi connectivity index (χ3v) is 7.42. The lowest BCUT2D eigenvalue weighted by atomic mass is 9.87. The molecule has 1 aliphatic carbocycles. The Morgan fingerprint density at radius 3 is 2.58 bits per heavy atom. The molecule has 0 saturated heterocycles. The van der Waals surface area contributed by atoms with E-state index in [1.165, 1.54) is 24.8 Å². The molecule has 2 N–H and O–H groups in total. The van der Waals surface area contributed by atoms with Gasteiger partial charge in [0.2, 0.25) is 10.0 Å². The molecule has 0 saturated carbocycles. The second-order valence-electron chi connectivity index (χ2n) is 8.12. The second-order valence-corrected chi connectivity index (χ2v) is 9.85. The number of hydrogen-bond acceptors (Lipinski definition) is 4. The fourth-order valence-corrected chi connectivity index (χ4v) is 5.45. The van der Waals surface area contributed by atoms with E-state index >= 15 is 0 Å². The molecule has 0 fully saturated rings. The number of aryl methyl sites for hydroxylation is 1. The number of rotatable bonds is 8. The number of hydrogen-bond donors (Lipinski definition) is 2. The number of nitrogens with one attached hydrogen (secondary N) is 2. The molecular weight excluding hydrogens is 436 g/mol. The number of sulfonamides is 1. The first-order chi connectivity index (χ1) is 16.0. The van der Waals surface area contributed by atoms with Gasteiger partial charge in [0.15, 0.2) is 0 Å². The van der Waals surface area contributed by atoms with Gasteiger partial charge in [-0.15, -0.1) is 0 Å². The summed E-state index contributed by atoms with van der Waals surface area (Å²) in [4.78, 5) is 13.0. The van der Waals surface area contributed by atoms with Crippen LogP contribution in [0, 0.1) is 0 Å². The Balaban J connectivity index is 1.51. The molecule has 0 radical (unpaired) electrons. The van der Waals surface area contributed by atoms with Gasteiger partial charge >= 0.3 is 0 Å². The molecule has 4 rings (SSSR count). The highest BCUT2D eigenvalue weighted by Crippen LogP contribution is 2.30. The molecule has 1 unspecified atom stereocenters. The van der Waals surface area contributed by atoms with Gasteiger partial charge in [0.05, 0.1) is 13.2 Å². The first kappa shape index (κ1) is 23.0. The standard InChI is InChI=1S/C26H28N2O4S/c1-32-24-15-14-21(26(29)28-23-13-7-11-20-10-5-6-12-22(20)23)18-25(24)33(30,31)27-17-16-19-8-3-2-4-9-19/h2-6,8-10,12,14-15,18,23,27H,7,11,13,16-17H2,1H3,(H,28,29). The van der Waals surface area contributed by atoms with Crippen LogP contribution < -0.4 is 14.8 Å². The summed E-state index contributed by atoms with van der Waals surface area (Å²) in [5, 5.41) is 3.08. The highest BCUT2D eigenvalue weighted by molar-refractivity contribution is 7.89. The Kier molecular flexibility index (Phi) is 7.11. The average molecular weight is 465 g/mol. The molecule has 172 valence electrons. The Bertz CT molecular complexity index is 1230. The molecule has 3 aromatic rings. The normalized spacial score (nSPS) is 15.5. The van der Waals surface area contributed by atoms with Gasteiger partial charge in [-0.3, -0.25) is 4.79 Å². The van der Waals surface area contributed by atoms with Crippen molar-refractivity contribution in [3.63, 3.8) is 0 Å². The van der Waals surface area contributed by atoms with Crippen molar-refractivity contribution in [1.82, 2.24) is 10.0 Å². The SMILES string of the molecule is COc1ccc(C(=O)NC2CCCc3ccccc32)cc1S(=O)(=O)NCCc1ccccc1. The van der Waals surface area contributed by atoms with Crippen molar-refractivity contribution in [2.24, 2.45) is 0 Å². The van der Waals surface area contributed by atoms with Gasteiger partial charge in [0.1, 0.15) is 10.6 Å². The fraction of sp³-hybridized carbons (Fsp3) is 0.269. The van der Waals surface area contributed by atoms with Crippen molar-refractivity contribution < 1.29 is 17.9 Å². The van der Waals surface area contributed by atoms with Gasteiger partial charge < -0.3 is 10.1 Å². The molecule has 0 heterocycles. The molecule has 7 heteroatoms. The smallest absolute Gasteiger partial charge is 0.251 e. The Labute approximate surface area is 195 Å². The van der Waals surface area contributed by atoms with E-state index in [4.69, 9.17) is 4.74 Å². The highest BCUT2D eigenvalue weighted by atomic mass is 32.2. The van der Waals surface area contributed by atoms with E-state index in [1.807, 2.05) is 48.5 Å². The van der Waals surface area contributed by atoms with Crippen LogP contribution in [0.3, 0.4) is 0 Å². The zero-order chi connectivity index (χ0) is 23.3. The lowest BCUT2D eigenvalue weighted by molar-refractivity contribution is 0.0932. The minimum absolute atomic E-state index is 0.0465. The molecule has 1 atom stereocenters. The molecule has 6 nitrogen and oxygen atoms in total. The van der Waals surface area contributed by atoms with E-state index in [1.54, 1.807) is 6.07 Å². The summed E-state index contributed by atoms with van der Waals surface area (Å²) in [5.41, 5.74) is 3.69. The number of methoxy groups -OCH3 is 1. The largest absolute Gasteiger partial charge is 0.495 e. The van der Waals surface area contributed by atoms with Crippen LogP contribution >= 0.6 is 0 Å². The third kappa shape index (κ3) is 5.43. The van der Waals surface area contributed by atoms with Crippen molar-refractivity contribution in [2.45, 2.75) is 36.6 Å². The molecule has 0 bridgehead atoms. The third-order valence-electron chi connectivity index (χ3n) is 5.94. The molecule has 1 amide bonds. The molecule has 0 aromatic heterocycles. The summed E-state index contributed by atoms with van der Waals surface area (Å²) in [7, 11) is -2.45. The van der Waals surface area contributed by atoms with Crippen LogP contribution in [-0.4, -0.2) is 28.0 Å². The van der Waals surface area contributed by atoms with Gasteiger partial charge in [0.25, 0.3) is 5.91 Å². The van der Waals surface area contributed by atoms with Crippen LogP contribution in [0.4, 0.5) is 0 Å². The summed E-state index contributed by atoms with van der Waals surface area (Å²) in [6.45, 7) is 0.241. The average Bonchev–Trinajstić information content (AvgIpc) is 2.84. The van der Waals surface area contributed by atoms with Crippen LogP contribution in [0.2, 0.25) is 0 Å². The quantitative estimate of drug-likeness (QED) is 0.527. The second kappa shape index (κ2) is 10.2. The summed E-state index contributed by atoms with van der Waals surface area (Å²) >= 11 is 0. The van der Waals surface area contributed by atoms with Gasteiger partial charge in [-0.1, -0.05) is 54.6 Å². The monoisotopic (exact) mass is 464 g/mol. The lowest BCUT2D eigenvalue weighted by Crippen LogP contribution is -2.31. The number of amides is 1. The predicted molar refractivity (Wildman–Crippen MR) is 128 cm³/mol. The Hall–Kier alpha value is -3.16.